The molecule has 0 fully saturated rings. The Hall–Kier alpha value is -1.99. The molecule has 2 heterocycles. The van der Waals surface area contributed by atoms with Crippen LogP contribution < -0.4 is 5.56 Å². The van der Waals surface area contributed by atoms with E-state index in [9.17, 15) is 4.79 Å². The van der Waals surface area contributed by atoms with Crippen LogP contribution >= 0.6 is 15.9 Å². The van der Waals surface area contributed by atoms with Gasteiger partial charge in [0.05, 0.1) is 12.3 Å². The summed E-state index contributed by atoms with van der Waals surface area (Å²) in [4.78, 5) is 20.4. The number of aromatic nitrogens is 4. The second-order valence-electron chi connectivity index (χ2n) is 3.91. The zero-order valence-electron chi connectivity index (χ0n) is 9.67. The van der Waals surface area contributed by atoms with E-state index in [-0.39, 0.29) is 28.1 Å². The number of halogens is 1. The lowest BCUT2D eigenvalue weighted by Gasteiger charge is -1.98. The van der Waals surface area contributed by atoms with Gasteiger partial charge >= 0.3 is 0 Å². The first-order valence-electron chi connectivity index (χ1n) is 5.54. The highest BCUT2D eigenvalue weighted by molar-refractivity contribution is 9.10. The molecule has 0 saturated heterocycles. The van der Waals surface area contributed by atoms with Crippen molar-refractivity contribution in [2.45, 2.75) is 6.61 Å². The predicted molar refractivity (Wildman–Crippen MR) is 72.7 cm³/mol. The van der Waals surface area contributed by atoms with Gasteiger partial charge in [-0.1, -0.05) is 30.3 Å². The molecule has 2 aromatic heterocycles. The molecule has 3 aromatic rings. The highest BCUT2D eigenvalue weighted by Gasteiger charge is 2.13. The summed E-state index contributed by atoms with van der Waals surface area (Å²) in [6, 6.07) is 9.42. The van der Waals surface area contributed by atoms with Crippen molar-refractivity contribution >= 4 is 21.7 Å². The van der Waals surface area contributed by atoms with Gasteiger partial charge in [-0.3, -0.25) is 9.89 Å². The molecule has 0 bridgehead atoms. The molecule has 3 rings (SSSR count). The number of hydrogen-bond donors (Lipinski definition) is 2. The third kappa shape index (κ3) is 1.96. The van der Waals surface area contributed by atoms with Crippen molar-refractivity contribution in [2.24, 2.45) is 0 Å². The van der Waals surface area contributed by atoms with Gasteiger partial charge in [0.15, 0.2) is 5.82 Å². The molecule has 2 N–H and O–H groups in total. The van der Waals surface area contributed by atoms with Gasteiger partial charge < -0.3 is 5.11 Å². The molecule has 0 atom stereocenters. The van der Waals surface area contributed by atoms with Crippen LogP contribution in [0.2, 0.25) is 0 Å². The maximum atomic E-state index is 12.0. The fraction of sp³-hybridized carbons (Fsp3) is 0.0833. The van der Waals surface area contributed by atoms with Gasteiger partial charge in [-0.05, 0) is 15.9 Å². The molecule has 19 heavy (non-hydrogen) atoms. The lowest BCUT2D eigenvalue weighted by molar-refractivity contribution is 0.275. The largest absolute Gasteiger partial charge is 0.390 e. The SMILES string of the molecule is O=c1c(Br)c(CO)nc2nc(-c3ccccc3)[nH]n12. The Morgan fingerprint density at radius 2 is 2.00 bits per heavy atom. The fourth-order valence-corrected chi connectivity index (χ4v) is 2.16. The second kappa shape index (κ2) is 4.60. The van der Waals surface area contributed by atoms with Crippen molar-refractivity contribution in [1.29, 1.82) is 0 Å². The average Bonchev–Trinajstić information content (AvgIpc) is 2.88. The molecule has 7 heteroatoms. The maximum Gasteiger partial charge on any atom is 0.288 e. The Kier molecular flexibility index (Phi) is 2.92. The normalized spacial score (nSPS) is 11.1. The number of H-pyrrole nitrogens is 1. The number of benzene rings is 1. The molecule has 96 valence electrons. The first-order valence-corrected chi connectivity index (χ1v) is 6.33. The van der Waals surface area contributed by atoms with E-state index in [2.05, 4.69) is 31.0 Å². The number of aliphatic hydroxyl groups excluding tert-OH is 1. The van der Waals surface area contributed by atoms with Gasteiger partial charge in [0, 0.05) is 5.56 Å². The Bertz CT molecular complexity index is 795. The molecular formula is C12H9BrN4O2. The highest BCUT2D eigenvalue weighted by Crippen LogP contribution is 2.16. The van der Waals surface area contributed by atoms with E-state index in [1.165, 1.54) is 4.52 Å². The molecule has 1 aromatic carbocycles. The first-order chi connectivity index (χ1) is 9.20. The van der Waals surface area contributed by atoms with E-state index in [1.807, 2.05) is 30.3 Å². The lowest BCUT2D eigenvalue weighted by Crippen LogP contribution is -2.18. The van der Waals surface area contributed by atoms with Crippen molar-refractivity contribution in [3.63, 3.8) is 0 Å². The van der Waals surface area contributed by atoms with Crippen molar-refractivity contribution in [3.8, 4) is 11.4 Å². The van der Waals surface area contributed by atoms with E-state index in [0.717, 1.165) is 5.56 Å². The molecule has 0 saturated carbocycles. The maximum absolute atomic E-state index is 12.0. The number of aliphatic hydroxyl groups is 1. The van der Waals surface area contributed by atoms with Gasteiger partial charge in [-0.15, -0.1) is 0 Å². The fourth-order valence-electron chi connectivity index (χ4n) is 1.77. The van der Waals surface area contributed by atoms with Crippen molar-refractivity contribution < 1.29 is 5.11 Å². The van der Waals surface area contributed by atoms with Crippen LogP contribution in [0.15, 0.2) is 39.6 Å². The van der Waals surface area contributed by atoms with Crippen LogP contribution in [-0.4, -0.2) is 24.7 Å². The van der Waals surface area contributed by atoms with E-state index in [0.29, 0.717) is 5.82 Å². The van der Waals surface area contributed by atoms with Crippen LogP contribution in [0.5, 0.6) is 0 Å². The zero-order chi connectivity index (χ0) is 13.4. The van der Waals surface area contributed by atoms with Crippen LogP contribution in [-0.2, 0) is 6.61 Å². The Labute approximate surface area is 115 Å². The Morgan fingerprint density at radius 3 is 2.68 bits per heavy atom. The minimum atomic E-state index is -0.330. The number of nitrogens with one attached hydrogen (secondary N) is 1. The van der Waals surface area contributed by atoms with Crippen molar-refractivity contribution in [2.75, 3.05) is 0 Å². The molecular weight excluding hydrogens is 312 g/mol. The minimum absolute atomic E-state index is 0.232. The summed E-state index contributed by atoms with van der Waals surface area (Å²) in [5.41, 5.74) is 0.800. The number of nitrogens with zero attached hydrogens (tertiary/aromatic N) is 3. The molecule has 6 nitrogen and oxygen atoms in total. The molecule has 0 aliphatic carbocycles. The first kappa shape index (κ1) is 12.1. The van der Waals surface area contributed by atoms with Gasteiger partial charge in [0.2, 0.25) is 0 Å². The third-order valence-corrected chi connectivity index (χ3v) is 3.50. The molecule has 0 amide bonds. The van der Waals surface area contributed by atoms with E-state index in [4.69, 9.17) is 5.11 Å². The summed E-state index contributed by atoms with van der Waals surface area (Å²) in [6.45, 7) is -0.320. The quantitative estimate of drug-likeness (QED) is 0.746. The zero-order valence-corrected chi connectivity index (χ0v) is 11.3. The molecule has 0 aliphatic heterocycles. The molecule has 0 spiro atoms. The summed E-state index contributed by atoms with van der Waals surface area (Å²) in [7, 11) is 0. The lowest BCUT2D eigenvalue weighted by atomic mass is 10.2. The second-order valence-corrected chi connectivity index (χ2v) is 4.70. The smallest absolute Gasteiger partial charge is 0.288 e. The summed E-state index contributed by atoms with van der Waals surface area (Å²) >= 11 is 3.12. The van der Waals surface area contributed by atoms with Crippen LogP contribution in [0.25, 0.3) is 17.2 Å². The van der Waals surface area contributed by atoms with E-state index >= 15 is 0 Å². The summed E-state index contributed by atoms with van der Waals surface area (Å²) in [5.74, 6) is 0.781. The third-order valence-electron chi connectivity index (χ3n) is 2.71. The van der Waals surface area contributed by atoms with Crippen molar-refractivity contribution in [1.82, 2.24) is 19.6 Å². The molecule has 0 radical (unpaired) electrons. The Morgan fingerprint density at radius 1 is 1.26 bits per heavy atom. The predicted octanol–water partition coefficient (Wildman–Crippen LogP) is 1.34. The summed E-state index contributed by atoms with van der Waals surface area (Å²) in [5, 5.41) is 12.0. The van der Waals surface area contributed by atoms with Gasteiger partial charge in [-0.2, -0.15) is 9.50 Å². The van der Waals surface area contributed by atoms with Gasteiger partial charge in [0.1, 0.15) is 4.47 Å². The number of fused-ring (bicyclic) bond motifs is 1. The van der Waals surface area contributed by atoms with Crippen LogP contribution in [0.4, 0.5) is 0 Å². The van der Waals surface area contributed by atoms with E-state index in [1.54, 1.807) is 0 Å². The topological polar surface area (TPSA) is 83.3 Å². The van der Waals surface area contributed by atoms with E-state index < -0.39 is 0 Å². The number of hydrogen-bond acceptors (Lipinski definition) is 4. The van der Waals surface area contributed by atoms with Gasteiger partial charge in [-0.25, -0.2) is 4.98 Å². The number of rotatable bonds is 2. The molecule has 0 aliphatic rings. The Balaban J connectivity index is 2.27. The standard InChI is InChI=1S/C12H9BrN4O2/c13-9-8(6-18)14-12-15-10(16-17(12)11(9)19)7-4-2-1-3-5-7/h1-5,18H,6H2,(H,14,15,16). The van der Waals surface area contributed by atoms with Crippen LogP contribution in [0.1, 0.15) is 5.69 Å². The summed E-state index contributed by atoms with van der Waals surface area (Å²) in [6.07, 6.45) is 0. The number of aromatic amines is 1. The monoisotopic (exact) mass is 320 g/mol. The van der Waals surface area contributed by atoms with Gasteiger partial charge in [0.25, 0.3) is 11.3 Å². The van der Waals surface area contributed by atoms with Crippen LogP contribution in [0.3, 0.4) is 0 Å². The summed E-state index contributed by atoms with van der Waals surface area (Å²) < 4.78 is 1.47. The average molecular weight is 321 g/mol. The molecule has 0 unspecified atom stereocenters. The minimum Gasteiger partial charge on any atom is -0.390 e. The van der Waals surface area contributed by atoms with Crippen molar-refractivity contribution in [3.05, 3.63) is 50.9 Å². The van der Waals surface area contributed by atoms with Crippen LogP contribution in [0, 0.1) is 0 Å². The highest BCUT2D eigenvalue weighted by atomic mass is 79.9.